The van der Waals surface area contributed by atoms with Crippen LogP contribution < -0.4 is 11.1 Å². The molecule has 52 heavy (non-hydrogen) atoms. The molecule has 0 bridgehead atoms. The van der Waals surface area contributed by atoms with Crippen LogP contribution in [0.2, 0.25) is 0 Å². The van der Waals surface area contributed by atoms with E-state index in [0.717, 1.165) is 24.3 Å². The van der Waals surface area contributed by atoms with Gasteiger partial charge in [0.25, 0.3) is 5.91 Å². The molecule has 7 nitrogen and oxygen atoms in total. The van der Waals surface area contributed by atoms with Crippen molar-refractivity contribution in [3.63, 3.8) is 0 Å². The van der Waals surface area contributed by atoms with Gasteiger partial charge in [-0.1, -0.05) is 18.2 Å². The predicted octanol–water partition coefficient (Wildman–Crippen LogP) is 7.97. The second kappa shape index (κ2) is 16.5. The lowest BCUT2D eigenvalue weighted by atomic mass is 10.0. The third kappa shape index (κ3) is 9.40. The average Bonchev–Trinajstić information content (AvgIpc) is 3.47. The molecule has 0 saturated heterocycles. The molecule has 0 aliphatic heterocycles. The van der Waals surface area contributed by atoms with Crippen LogP contribution in [0.4, 0.5) is 35.1 Å². The van der Waals surface area contributed by atoms with Gasteiger partial charge in [0.2, 0.25) is 0 Å². The van der Waals surface area contributed by atoms with Crippen LogP contribution in [0.25, 0.3) is 33.9 Å². The molecule has 5 rings (SSSR count). The van der Waals surface area contributed by atoms with E-state index in [-0.39, 0.29) is 54.1 Å². The third-order valence-electron chi connectivity index (χ3n) is 7.82. The molecule has 1 aromatic heterocycles. The van der Waals surface area contributed by atoms with Crippen LogP contribution >= 0.6 is 0 Å². The molecule has 0 aliphatic carbocycles. The van der Waals surface area contributed by atoms with Gasteiger partial charge in [-0.05, 0) is 78.4 Å². The van der Waals surface area contributed by atoms with Gasteiger partial charge in [-0.25, -0.2) is 13.8 Å². The normalized spacial score (nSPS) is 11.9. The Kier molecular flexibility index (Phi) is 12.1. The van der Waals surface area contributed by atoms with Gasteiger partial charge in [-0.2, -0.15) is 26.3 Å². The van der Waals surface area contributed by atoms with Crippen LogP contribution in [-0.2, 0) is 28.4 Å². The number of nitrogens with one attached hydrogen (secondary N) is 1. The molecule has 274 valence electrons. The maximum atomic E-state index is 14.5. The lowest BCUT2D eigenvalue weighted by Crippen LogP contribution is -2.27. The van der Waals surface area contributed by atoms with Crippen molar-refractivity contribution in [1.82, 2.24) is 14.9 Å². The van der Waals surface area contributed by atoms with Crippen LogP contribution in [0.5, 0.6) is 0 Å². The molecule has 0 radical (unpaired) electrons. The number of hydrogen-bond acceptors (Lipinski definition) is 5. The number of nitrogens with zero attached hydrogens (tertiary/aromatic N) is 2. The smallest absolute Gasteiger partial charge is 0.378 e. The number of carbonyl (C=O) groups is 1. The SMILES string of the molecule is NCCOCCOCCNC(=O)c1ccc(Cn2c(-c3ccc(C(F)(F)F)cc3C(F)(F)F)nc(-c3ccc(F)cc3)c2-c2ccc(F)cc2)cc1. The topological polar surface area (TPSA) is 91.4 Å². The van der Waals surface area contributed by atoms with Crippen molar-refractivity contribution >= 4 is 5.91 Å². The van der Waals surface area contributed by atoms with Crippen LogP contribution in [-0.4, -0.2) is 55.0 Å². The summed E-state index contributed by atoms with van der Waals surface area (Å²) in [6.45, 7) is 1.73. The number of alkyl halides is 6. The Morgan fingerprint density at radius 2 is 1.33 bits per heavy atom. The highest BCUT2D eigenvalue weighted by Gasteiger charge is 2.39. The van der Waals surface area contributed by atoms with E-state index in [0.29, 0.717) is 49.6 Å². The minimum Gasteiger partial charge on any atom is -0.378 e. The summed E-state index contributed by atoms with van der Waals surface area (Å²) < 4.78 is 124. The largest absolute Gasteiger partial charge is 0.417 e. The Labute approximate surface area is 293 Å². The van der Waals surface area contributed by atoms with Crippen molar-refractivity contribution < 1.29 is 49.4 Å². The third-order valence-corrected chi connectivity index (χ3v) is 7.82. The average molecular weight is 733 g/mol. The number of halogens is 8. The van der Waals surface area contributed by atoms with E-state index < -0.39 is 46.6 Å². The van der Waals surface area contributed by atoms with Crippen molar-refractivity contribution in [2.75, 3.05) is 39.5 Å². The number of ether oxygens (including phenoxy) is 2. The van der Waals surface area contributed by atoms with Crippen LogP contribution in [0, 0.1) is 11.6 Å². The first-order valence-electron chi connectivity index (χ1n) is 15.9. The fraction of sp³-hybridized carbons (Fsp3) is 0.243. The zero-order chi connectivity index (χ0) is 37.5. The van der Waals surface area contributed by atoms with Gasteiger partial charge in [0.1, 0.15) is 17.5 Å². The quantitative estimate of drug-likeness (QED) is 0.0894. The molecule has 3 N–H and O–H groups in total. The van der Waals surface area contributed by atoms with Crippen molar-refractivity contribution in [3.05, 3.63) is 125 Å². The summed E-state index contributed by atoms with van der Waals surface area (Å²) in [5, 5.41) is 2.71. The van der Waals surface area contributed by atoms with E-state index in [1.807, 2.05) is 0 Å². The highest BCUT2D eigenvalue weighted by atomic mass is 19.4. The molecule has 0 saturated carbocycles. The number of amides is 1. The maximum absolute atomic E-state index is 14.5. The zero-order valence-electron chi connectivity index (χ0n) is 27.3. The summed E-state index contributed by atoms with van der Waals surface area (Å²) in [7, 11) is 0. The first-order chi connectivity index (χ1) is 24.8. The molecule has 0 spiro atoms. The molecular weight excluding hydrogens is 700 g/mol. The molecule has 1 heterocycles. The summed E-state index contributed by atoms with van der Waals surface area (Å²) in [5.41, 5.74) is 3.20. The van der Waals surface area contributed by atoms with Crippen molar-refractivity contribution in [2.45, 2.75) is 18.9 Å². The number of rotatable bonds is 14. The molecule has 0 unspecified atom stereocenters. The fourth-order valence-electron chi connectivity index (χ4n) is 5.36. The predicted molar refractivity (Wildman–Crippen MR) is 177 cm³/mol. The lowest BCUT2D eigenvalue weighted by molar-refractivity contribution is -0.142. The number of benzene rings is 4. The van der Waals surface area contributed by atoms with Crippen LogP contribution in [0.15, 0.2) is 91.0 Å². The van der Waals surface area contributed by atoms with E-state index in [9.17, 15) is 39.9 Å². The number of aromatic nitrogens is 2. The van der Waals surface area contributed by atoms with Gasteiger partial charge < -0.3 is 25.1 Å². The Balaban J connectivity index is 1.56. The fourth-order valence-corrected chi connectivity index (χ4v) is 5.36. The summed E-state index contributed by atoms with van der Waals surface area (Å²) >= 11 is 0. The molecule has 0 fully saturated rings. The Hall–Kier alpha value is -5.12. The van der Waals surface area contributed by atoms with Gasteiger partial charge in [0.15, 0.2) is 0 Å². The van der Waals surface area contributed by atoms with Gasteiger partial charge in [-0.3, -0.25) is 4.79 Å². The summed E-state index contributed by atoms with van der Waals surface area (Å²) in [5.74, 6) is -1.96. The minimum absolute atomic E-state index is 0.0254. The summed E-state index contributed by atoms with van der Waals surface area (Å²) in [6, 6.07) is 17.4. The van der Waals surface area contributed by atoms with Gasteiger partial charge in [0.05, 0.1) is 48.9 Å². The maximum Gasteiger partial charge on any atom is 0.417 e. The molecule has 4 aromatic carbocycles. The van der Waals surface area contributed by atoms with Crippen molar-refractivity contribution in [2.24, 2.45) is 5.73 Å². The van der Waals surface area contributed by atoms with E-state index in [2.05, 4.69) is 10.3 Å². The molecular formula is C37H32F8N4O3. The zero-order valence-corrected chi connectivity index (χ0v) is 27.3. The van der Waals surface area contributed by atoms with Crippen LogP contribution in [0.1, 0.15) is 27.0 Å². The number of nitrogens with two attached hydrogens (primary N) is 1. The van der Waals surface area contributed by atoms with E-state index in [1.54, 1.807) is 12.1 Å². The molecule has 0 aliphatic rings. The van der Waals surface area contributed by atoms with Gasteiger partial charge >= 0.3 is 12.4 Å². The second-order valence-corrected chi connectivity index (χ2v) is 11.5. The molecule has 5 aromatic rings. The minimum atomic E-state index is -5.22. The van der Waals surface area contributed by atoms with E-state index in [4.69, 9.17) is 15.2 Å². The van der Waals surface area contributed by atoms with Gasteiger partial charge in [-0.15, -0.1) is 0 Å². The second-order valence-electron chi connectivity index (χ2n) is 11.5. The van der Waals surface area contributed by atoms with E-state index in [1.165, 1.54) is 41.0 Å². The van der Waals surface area contributed by atoms with Crippen molar-refractivity contribution in [3.8, 4) is 33.9 Å². The standard InChI is InChI=1S/C37H32F8N4O3/c38-28-10-5-24(6-11-28)32-33(25-7-12-29(39)13-8-25)49(34(48-32)30-14-9-27(36(40,41)42)21-31(30)37(43,44)45)22-23-1-3-26(4-2-23)35(50)47-16-18-52-20-19-51-17-15-46/h1-14,21H,15-20,22,46H2,(H,47,50). The Morgan fingerprint density at radius 1 is 0.731 bits per heavy atom. The molecule has 15 heteroatoms. The van der Waals surface area contributed by atoms with E-state index >= 15 is 0 Å². The van der Waals surface area contributed by atoms with Crippen molar-refractivity contribution in [1.29, 1.82) is 0 Å². The monoisotopic (exact) mass is 732 g/mol. The first-order valence-corrected chi connectivity index (χ1v) is 15.9. The van der Waals surface area contributed by atoms with Gasteiger partial charge in [0, 0.05) is 41.9 Å². The Morgan fingerprint density at radius 3 is 1.90 bits per heavy atom. The highest BCUT2D eigenvalue weighted by Crippen LogP contribution is 2.44. The lowest BCUT2D eigenvalue weighted by Gasteiger charge is -2.18. The Bertz CT molecular complexity index is 1960. The van der Waals surface area contributed by atoms with Crippen LogP contribution in [0.3, 0.4) is 0 Å². The molecule has 1 amide bonds. The first kappa shape index (κ1) is 38.1. The number of imidazole rings is 1. The summed E-state index contributed by atoms with van der Waals surface area (Å²) in [4.78, 5) is 17.3. The molecule has 0 atom stereocenters. The summed E-state index contributed by atoms with van der Waals surface area (Å²) in [6.07, 6.45) is -10.3. The highest BCUT2D eigenvalue weighted by molar-refractivity contribution is 5.94. The number of hydrogen-bond donors (Lipinski definition) is 2. The number of carbonyl (C=O) groups excluding carboxylic acids is 1.